The number of methoxy groups -OCH3 is 1. The number of ether oxygens (including phenoxy) is 1. The first-order valence-electron chi connectivity index (χ1n) is 9.04. The Morgan fingerprint density at radius 3 is 2.75 bits per heavy atom. The fourth-order valence-corrected chi connectivity index (χ4v) is 6.05. The van der Waals surface area contributed by atoms with Crippen molar-refractivity contribution in [3.05, 3.63) is 23.3 Å². The summed E-state index contributed by atoms with van der Waals surface area (Å²) < 4.78 is 5.27. The molecule has 0 bridgehead atoms. The number of benzene rings is 1. The van der Waals surface area contributed by atoms with Crippen molar-refractivity contribution < 1.29 is 14.9 Å². The van der Waals surface area contributed by atoms with Crippen molar-refractivity contribution in [3.63, 3.8) is 0 Å². The monoisotopic (exact) mass is 326 g/mol. The van der Waals surface area contributed by atoms with Crippen molar-refractivity contribution >= 4 is 0 Å². The maximum absolute atomic E-state index is 11.0. The van der Waals surface area contributed by atoms with E-state index in [0.717, 1.165) is 37.7 Å². The van der Waals surface area contributed by atoms with Crippen molar-refractivity contribution in [2.75, 3.05) is 7.11 Å². The van der Waals surface area contributed by atoms with Crippen LogP contribution in [0.4, 0.5) is 0 Å². The molecule has 24 heavy (non-hydrogen) atoms. The first-order valence-corrected chi connectivity index (χ1v) is 9.04. The molecule has 0 aromatic heterocycles. The minimum atomic E-state index is -0.953. The summed E-state index contributed by atoms with van der Waals surface area (Å²) in [5.41, 5.74) is 1.21. The van der Waals surface area contributed by atoms with Gasteiger partial charge in [-0.1, -0.05) is 18.9 Å². The van der Waals surface area contributed by atoms with E-state index >= 15 is 0 Å². The average molecular weight is 326 g/mol. The third kappa shape index (κ3) is 1.84. The minimum Gasteiger partial charge on any atom is -0.504 e. The van der Waals surface area contributed by atoms with Gasteiger partial charge in [-0.25, -0.2) is 0 Å². The second-order valence-electron chi connectivity index (χ2n) is 8.10. The molecule has 0 heterocycles. The molecule has 2 N–H and O–H groups in total. The molecule has 0 spiro atoms. The lowest BCUT2D eigenvalue weighted by molar-refractivity contribution is -0.0647. The van der Waals surface area contributed by atoms with Gasteiger partial charge in [0.15, 0.2) is 11.5 Å². The Bertz CT molecular complexity index is 719. The highest BCUT2D eigenvalue weighted by Crippen LogP contribution is 2.64. The lowest BCUT2D eigenvalue weighted by Crippen LogP contribution is -2.50. The molecule has 3 nitrogen and oxygen atoms in total. The van der Waals surface area contributed by atoms with Gasteiger partial charge in [0, 0.05) is 11.0 Å². The van der Waals surface area contributed by atoms with Crippen molar-refractivity contribution in [3.8, 4) is 23.8 Å². The van der Waals surface area contributed by atoms with Crippen LogP contribution in [-0.2, 0) is 6.42 Å². The number of hydrogen-bond acceptors (Lipinski definition) is 3. The van der Waals surface area contributed by atoms with Crippen LogP contribution in [0.2, 0.25) is 0 Å². The Balaban J connectivity index is 1.73. The van der Waals surface area contributed by atoms with E-state index in [0.29, 0.717) is 35.7 Å². The molecule has 0 unspecified atom stereocenters. The van der Waals surface area contributed by atoms with Gasteiger partial charge >= 0.3 is 0 Å². The average Bonchev–Trinajstić information content (AvgIpc) is 2.87. The Kier molecular flexibility index (Phi) is 3.41. The molecule has 128 valence electrons. The van der Waals surface area contributed by atoms with E-state index < -0.39 is 5.60 Å². The van der Waals surface area contributed by atoms with Crippen molar-refractivity contribution in [1.29, 1.82) is 0 Å². The summed E-state index contributed by atoms with van der Waals surface area (Å²) in [7, 11) is 1.60. The first-order chi connectivity index (χ1) is 11.4. The molecular weight excluding hydrogens is 300 g/mol. The zero-order chi connectivity index (χ0) is 17.1. The summed E-state index contributed by atoms with van der Waals surface area (Å²) >= 11 is 0. The van der Waals surface area contributed by atoms with E-state index in [-0.39, 0.29) is 5.41 Å². The Labute approximate surface area is 144 Å². The molecule has 3 heteroatoms. The lowest BCUT2D eigenvalue weighted by Gasteiger charge is -2.52. The third-order valence-electron chi connectivity index (χ3n) is 7.46. The van der Waals surface area contributed by atoms with Crippen LogP contribution in [0.15, 0.2) is 12.1 Å². The summed E-state index contributed by atoms with van der Waals surface area (Å²) in [5.74, 6) is 5.07. The summed E-state index contributed by atoms with van der Waals surface area (Å²) in [6.07, 6.45) is 11.3. The fraction of sp³-hybridized carbons (Fsp3) is 0.619. The topological polar surface area (TPSA) is 49.7 Å². The molecule has 0 aliphatic heterocycles. The number of terminal acetylenes is 1. The van der Waals surface area contributed by atoms with E-state index in [1.165, 1.54) is 5.56 Å². The summed E-state index contributed by atoms with van der Waals surface area (Å²) in [5, 5.41) is 21.5. The highest BCUT2D eigenvalue weighted by atomic mass is 16.5. The van der Waals surface area contributed by atoms with Gasteiger partial charge in [-0.3, -0.25) is 0 Å². The zero-order valence-electron chi connectivity index (χ0n) is 14.5. The number of phenols is 1. The van der Waals surface area contributed by atoms with E-state index in [4.69, 9.17) is 11.2 Å². The molecule has 4 rings (SSSR count). The zero-order valence-corrected chi connectivity index (χ0v) is 14.5. The number of aliphatic hydroxyl groups is 1. The summed E-state index contributed by atoms with van der Waals surface area (Å²) in [6, 6.07) is 4.02. The molecule has 2 fully saturated rings. The van der Waals surface area contributed by atoms with Crippen LogP contribution >= 0.6 is 0 Å². The number of phenolic OH excluding ortho intramolecular Hbond substituents is 1. The van der Waals surface area contributed by atoms with Gasteiger partial charge < -0.3 is 14.9 Å². The van der Waals surface area contributed by atoms with E-state index in [1.807, 2.05) is 6.07 Å². The summed E-state index contributed by atoms with van der Waals surface area (Å²) in [6.45, 7) is 2.20. The second-order valence-corrected chi connectivity index (χ2v) is 8.10. The smallest absolute Gasteiger partial charge is 0.161 e. The van der Waals surface area contributed by atoms with Crippen LogP contribution in [-0.4, -0.2) is 22.9 Å². The van der Waals surface area contributed by atoms with Gasteiger partial charge in [0.25, 0.3) is 0 Å². The van der Waals surface area contributed by atoms with Crippen molar-refractivity contribution in [2.24, 2.45) is 17.3 Å². The first kappa shape index (κ1) is 15.8. The van der Waals surface area contributed by atoms with Crippen molar-refractivity contribution in [2.45, 2.75) is 57.0 Å². The van der Waals surface area contributed by atoms with Crippen LogP contribution < -0.4 is 4.74 Å². The quantitative estimate of drug-likeness (QED) is 0.775. The lowest BCUT2D eigenvalue weighted by atomic mass is 9.53. The Morgan fingerprint density at radius 2 is 2.04 bits per heavy atom. The second kappa shape index (κ2) is 5.17. The molecule has 0 saturated heterocycles. The standard InChI is InChI=1S/C21H26O3/c1-4-21(23)12-10-17-15-5-6-16-13(7-8-18(24-3)19(16)22)14(15)9-11-20(17,21)2/h1,7-8,14-15,17,22-23H,5-6,9-12H2,2-3H3/t14-,15-,17+,20+,21+/m1/s1. The van der Waals surface area contributed by atoms with Crippen LogP contribution in [0.3, 0.4) is 0 Å². The largest absolute Gasteiger partial charge is 0.504 e. The highest BCUT2D eigenvalue weighted by molar-refractivity contribution is 5.52. The molecule has 0 amide bonds. The van der Waals surface area contributed by atoms with Crippen LogP contribution in [0, 0.1) is 29.6 Å². The van der Waals surface area contributed by atoms with Crippen LogP contribution in [0.5, 0.6) is 11.5 Å². The predicted molar refractivity (Wildman–Crippen MR) is 93.1 cm³/mol. The van der Waals surface area contributed by atoms with E-state index in [9.17, 15) is 10.2 Å². The Morgan fingerprint density at radius 1 is 1.25 bits per heavy atom. The molecule has 1 aromatic carbocycles. The van der Waals surface area contributed by atoms with Crippen molar-refractivity contribution in [1.82, 2.24) is 0 Å². The molecule has 5 atom stereocenters. The number of rotatable bonds is 1. The number of hydrogen-bond donors (Lipinski definition) is 2. The maximum Gasteiger partial charge on any atom is 0.161 e. The van der Waals surface area contributed by atoms with Gasteiger partial charge in [-0.2, -0.15) is 0 Å². The van der Waals surface area contributed by atoms with Crippen LogP contribution in [0.25, 0.3) is 0 Å². The molecule has 2 saturated carbocycles. The molecule has 1 aromatic rings. The van der Waals surface area contributed by atoms with E-state index in [1.54, 1.807) is 7.11 Å². The Hall–Kier alpha value is -1.66. The minimum absolute atomic E-state index is 0.172. The SMILES string of the molecule is C#C[C@]1(O)CC[C@H]2[C@@H]3CCc4c(ccc(OC)c4O)[C@H]3CC[C@@]21C. The number of aromatic hydroxyl groups is 1. The molecule has 0 radical (unpaired) electrons. The normalized spacial score (nSPS) is 40.2. The van der Waals surface area contributed by atoms with Gasteiger partial charge in [0.2, 0.25) is 0 Å². The number of fused-ring (bicyclic) bond motifs is 5. The predicted octanol–water partition coefficient (Wildman–Crippen LogP) is 3.62. The fourth-order valence-electron chi connectivity index (χ4n) is 6.05. The highest BCUT2D eigenvalue weighted by Gasteiger charge is 2.61. The molecule has 3 aliphatic carbocycles. The molecular formula is C21H26O3. The summed E-state index contributed by atoms with van der Waals surface area (Å²) in [4.78, 5) is 0. The van der Waals surface area contributed by atoms with Gasteiger partial charge in [0.05, 0.1) is 7.11 Å². The van der Waals surface area contributed by atoms with Gasteiger partial charge in [-0.15, -0.1) is 6.42 Å². The van der Waals surface area contributed by atoms with Gasteiger partial charge in [0.1, 0.15) is 5.60 Å². The van der Waals surface area contributed by atoms with E-state index in [2.05, 4.69) is 18.9 Å². The van der Waals surface area contributed by atoms with Crippen LogP contribution in [0.1, 0.15) is 56.1 Å². The van der Waals surface area contributed by atoms with Gasteiger partial charge in [-0.05, 0) is 67.9 Å². The maximum atomic E-state index is 11.0. The molecule has 3 aliphatic rings. The third-order valence-corrected chi connectivity index (χ3v) is 7.46.